The van der Waals surface area contributed by atoms with Gasteiger partial charge in [-0.25, -0.2) is 9.18 Å². The molecule has 0 atom stereocenters. The van der Waals surface area contributed by atoms with E-state index in [9.17, 15) is 9.18 Å². The number of carbonyl (C=O) groups excluding carboxylic acids is 1. The SMILES string of the molecule is CC(C)(C)OC(=O)N1CCNCC1.Fc1ccc2ncccc2c1. The minimum Gasteiger partial charge on any atom is -0.444 e. The summed E-state index contributed by atoms with van der Waals surface area (Å²) in [5, 5.41) is 4.02. The Labute approximate surface area is 141 Å². The molecular formula is C18H24FN3O2. The van der Waals surface area contributed by atoms with E-state index in [4.69, 9.17) is 4.74 Å². The number of hydrogen-bond acceptors (Lipinski definition) is 4. The Morgan fingerprint density at radius 2 is 1.96 bits per heavy atom. The lowest BCUT2D eigenvalue weighted by atomic mass is 10.2. The highest BCUT2D eigenvalue weighted by atomic mass is 19.1. The zero-order valence-corrected chi connectivity index (χ0v) is 14.4. The van der Waals surface area contributed by atoms with Gasteiger partial charge in [-0.15, -0.1) is 0 Å². The molecule has 0 spiro atoms. The van der Waals surface area contributed by atoms with E-state index < -0.39 is 0 Å². The van der Waals surface area contributed by atoms with Crippen molar-refractivity contribution >= 4 is 17.0 Å². The third-order valence-electron chi connectivity index (χ3n) is 3.33. The zero-order valence-electron chi connectivity index (χ0n) is 14.4. The van der Waals surface area contributed by atoms with E-state index in [0.29, 0.717) is 0 Å². The van der Waals surface area contributed by atoms with Crippen LogP contribution >= 0.6 is 0 Å². The van der Waals surface area contributed by atoms with Gasteiger partial charge < -0.3 is 15.0 Å². The van der Waals surface area contributed by atoms with E-state index in [1.54, 1.807) is 23.2 Å². The van der Waals surface area contributed by atoms with Crippen LogP contribution in [-0.2, 0) is 4.74 Å². The number of carbonyl (C=O) groups is 1. The van der Waals surface area contributed by atoms with E-state index in [-0.39, 0.29) is 17.5 Å². The molecule has 6 heteroatoms. The maximum atomic E-state index is 12.6. The summed E-state index contributed by atoms with van der Waals surface area (Å²) in [7, 11) is 0. The van der Waals surface area contributed by atoms with Crippen LogP contribution in [0.25, 0.3) is 10.9 Å². The predicted molar refractivity (Wildman–Crippen MR) is 92.4 cm³/mol. The Bertz CT molecular complexity index is 679. The van der Waals surface area contributed by atoms with Gasteiger partial charge in [0.25, 0.3) is 0 Å². The Morgan fingerprint density at radius 1 is 1.25 bits per heavy atom. The molecule has 2 heterocycles. The first-order valence-corrected chi connectivity index (χ1v) is 8.04. The average Bonchev–Trinajstić information content (AvgIpc) is 2.54. The predicted octanol–water partition coefficient (Wildman–Crippen LogP) is 3.20. The van der Waals surface area contributed by atoms with E-state index in [0.717, 1.165) is 37.1 Å². The Hall–Kier alpha value is -2.21. The number of piperazine rings is 1. The Balaban J connectivity index is 0.000000175. The molecule has 1 amide bonds. The normalized spacial score (nSPS) is 14.8. The van der Waals surface area contributed by atoms with Crippen molar-refractivity contribution in [3.8, 4) is 0 Å². The quantitative estimate of drug-likeness (QED) is 0.804. The fourth-order valence-corrected chi connectivity index (χ4v) is 2.22. The summed E-state index contributed by atoms with van der Waals surface area (Å²) in [6.45, 7) is 8.86. The largest absolute Gasteiger partial charge is 0.444 e. The number of pyridine rings is 1. The number of benzene rings is 1. The van der Waals surface area contributed by atoms with Gasteiger partial charge in [0, 0.05) is 37.8 Å². The Morgan fingerprint density at radius 3 is 2.62 bits per heavy atom. The molecule has 1 N–H and O–H groups in total. The molecule has 2 aromatic rings. The van der Waals surface area contributed by atoms with Crippen molar-refractivity contribution in [3.63, 3.8) is 0 Å². The lowest BCUT2D eigenvalue weighted by Gasteiger charge is -2.30. The molecule has 0 saturated carbocycles. The highest BCUT2D eigenvalue weighted by Gasteiger charge is 2.22. The van der Waals surface area contributed by atoms with Crippen molar-refractivity contribution in [2.45, 2.75) is 26.4 Å². The minimum absolute atomic E-state index is 0.200. The summed E-state index contributed by atoms with van der Waals surface area (Å²) in [5.74, 6) is -0.217. The number of fused-ring (bicyclic) bond motifs is 1. The van der Waals surface area contributed by atoms with Crippen molar-refractivity contribution in [1.29, 1.82) is 0 Å². The van der Waals surface area contributed by atoms with Gasteiger partial charge in [0.1, 0.15) is 11.4 Å². The summed E-state index contributed by atoms with van der Waals surface area (Å²) in [5.41, 5.74) is 0.441. The van der Waals surface area contributed by atoms with Crippen LogP contribution in [-0.4, -0.2) is 47.8 Å². The smallest absolute Gasteiger partial charge is 0.410 e. The lowest BCUT2D eigenvalue weighted by Crippen LogP contribution is -2.48. The number of ether oxygens (including phenoxy) is 1. The molecule has 1 saturated heterocycles. The first-order valence-electron chi connectivity index (χ1n) is 8.04. The minimum atomic E-state index is -0.387. The summed E-state index contributed by atoms with van der Waals surface area (Å²) in [6, 6.07) is 8.19. The molecule has 5 nitrogen and oxygen atoms in total. The second-order valence-electron chi connectivity index (χ2n) is 6.56. The number of halogens is 1. The molecule has 0 aliphatic carbocycles. The highest BCUT2D eigenvalue weighted by Crippen LogP contribution is 2.11. The molecule has 3 rings (SSSR count). The maximum Gasteiger partial charge on any atom is 0.410 e. The summed E-state index contributed by atoms with van der Waals surface area (Å²) < 4.78 is 17.8. The van der Waals surface area contributed by atoms with Crippen LogP contribution in [0, 0.1) is 5.82 Å². The molecule has 1 aromatic heterocycles. The molecule has 1 aromatic carbocycles. The van der Waals surface area contributed by atoms with Crippen molar-refractivity contribution in [1.82, 2.24) is 15.2 Å². The van der Waals surface area contributed by atoms with Crippen molar-refractivity contribution in [3.05, 3.63) is 42.3 Å². The van der Waals surface area contributed by atoms with E-state index in [2.05, 4.69) is 10.3 Å². The highest BCUT2D eigenvalue weighted by molar-refractivity contribution is 5.77. The van der Waals surface area contributed by atoms with Gasteiger partial charge in [-0.1, -0.05) is 6.07 Å². The van der Waals surface area contributed by atoms with Gasteiger partial charge in [0.2, 0.25) is 0 Å². The zero-order chi connectivity index (χ0) is 17.6. The van der Waals surface area contributed by atoms with Crippen LogP contribution in [0.15, 0.2) is 36.5 Å². The first kappa shape index (κ1) is 18.1. The summed E-state index contributed by atoms with van der Waals surface area (Å²) in [4.78, 5) is 17.3. The molecule has 1 aliphatic heterocycles. The van der Waals surface area contributed by atoms with Crippen LogP contribution in [0.4, 0.5) is 9.18 Å². The second-order valence-corrected chi connectivity index (χ2v) is 6.56. The molecular weight excluding hydrogens is 309 g/mol. The number of aromatic nitrogens is 1. The molecule has 0 unspecified atom stereocenters. The number of nitrogens with one attached hydrogen (secondary N) is 1. The van der Waals surface area contributed by atoms with Crippen molar-refractivity contribution in [2.75, 3.05) is 26.2 Å². The third kappa shape index (κ3) is 5.77. The van der Waals surface area contributed by atoms with Crippen molar-refractivity contribution < 1.29 is 13.9 Å². The van der Waals surface area contributed by atoms with Gasteiger partial charge in [0.05, 0.1) is 5.52 Å². The van der Waals surface area contributed by atoms with E-state index in [1.165, 1.54) is 12.1 Å². The molecule has 24 heavy (non-hydrogen) atoms. The van der Waals surface area contributed by atoms with Gasteiger partial charge in [0.15, 0.2) is 0 Å². The summed E-state index contributed by atoms with van der Waals surface area (Å²) in [6.07, 6.45) is 1.49. The number of rotatable bonds is 0. The fourth-order valence-electron chi connectivity index (χ4n) is 2.22. The monoisotopic (exact) mass is 333 g/mol. The molecule has 1 fully saturated rings. The number of amides is 1. The van der Waals surface area contributed by atoms with Gasteiger partial charge >= 0.3 is 6.09 Å². The topological polar surface area (TPSA) is 54.5 Å². The third-order valence-corrected chi connectivity index (χ3v) is 3.33. The lowest BCUT2D eigenvalue weighted by molar-refractivity contribution is 0.0229. The van der Waals surface area contributed by atoms with Crippen LogP contribution < -0.4 is 5.32 Å². The maximum absolute atomic E-state index is 12.6. The standard InChI is InChI=1S/C9H6FN.C9H18N2O2/c10-8-3-4-9-7(6-8)2-1-5-11-9;1-9(2,3)13-8(12)11-6-4-10-5-7-11/h1-6H;10H,4-7H2,1-3H3. The number of hydrogen-bond donors (Lipinski definition) is 1. The summed E-state index contributed by atoms with van der Waals surface area (Å²) >= 11 is 0. The van der Waals surface area contributed by atoms with Gasteiger partial charge in [-0.05, 0) is 45.0 Å². The van der Waals surface area contributed by atoms with Gasteiger partial charge in [-0.2, -0.15) is 0 Å². The van der Waals surface area contributed by atoms with E-state index >= 15 is 0 Å². The molecule has 0 radical (unpaired) electrons. The molecule has 1 aliphatic rings. The van der Waals surface area contributed by atoms with Gasteiger partial charge in [-0.3, -0.25) is 4.98 Å². The van der Waals surface area contributed by atoms with Crippen LogP contribution in [0.1, 0.15) is 20.8 Å². The van der Waals surface area contributed by atoms with Crippen LogP contribution in [0.5, 0.6) is 0 Å². The molecule has 130 valence electrons. The van der Waals surface area contributed by atoms with Crippen molar-refractivity contribution in [2.24, 2.45) is 0 Å². The number of nitrogens with zero attached hydrogens (tertiary/aromatic N) is 2. The molecule has 0 bridgehead atoms. The average molecular weight is 333 g/mol. The van der Waals surface area contributed by atoms with Crippen LogP contribution in [0.2, 0.25) is 0 Å². The Kier molecular flexibility index (Phi) is 6.09. The van der Waals surface area contributed by atoms with Crippen LogP contribution in [0.3, 0.4) is 0 Å². The first-order chi connectivity index (χ1) is 11.3. The van der Waals surface area contributed by atoms with E-state index in [1.807, 2.05) is 26.8 Å². The second kappa shape index (κ2) is 8.06. The fraction of sp³-hybridized carbons (Fsp3) is 0.444.